The van der Waals surface area contributed by atoms with Crippen LogP contribution in [0.2, 0.25) is 0 Å². The number of hydrogen-bond acceptors (Lipinski definition) is 5. The molecule has 1 amide bonds. The van der Waals surface area contributed by atoms with Crippen molar-refractivity contribution in [1.82, 2.24) is 10.6 Å². The summed E-state index contributed by atoms with van der Waals surface area (Å²) in [7, 11) is 3.13. The molecule has 0 spiro atoms. The number of nitro benzene ring substituents is 1. The first kappa shape index (κ1) is 14.9. The highest BCUT2D eigenvalue weighted by molar-refractivity contribution is 5.95. The highest BCUT2D eigenvalue weighted by Crippen LogP contribution is 2.27. The van der Waals surface area contributed by atoms with Crippen molar-refractivity contribution in [3.05, 3.63) is 33.9 Å². The Bertz CT molecular complexity index is 476. The van der Waals surface area contributed by atoms with E-state index in [1.165, 1.54) is 25.3 Å². The Kier molecular flexibility index (Phi) is 5.25. The fourth-order valence-electron chi connectivity index (χ4n) is 1.42. The van der Waals surface area contributed by atoms with Crippen LogP contribution in [0, 0.1) is 10.1 Å². The lowest BCUT2D eigenvalue weighted by Crippen LogP contribution is -2.37. The molecule has 1 atom stereocenters. The smallest absolute Gasteiger partial charge is 0.311 e. The van der Waals surface area contributed by atoms with Crippen LogP contribution in [-0.4, -0.2) is 37.6 Å². The maximum atomic E-state index is 11.8. The van der Waals surface area contributed by atoms with Gasteiger partial charge in [-0.1, -0.05) is 0 Å². The number of nitrogens with one attached hydrogen (secondary N) is 2. The first-order valence-corrected chi connectivity index (χ1v) is 5.77. The molecule has 1 aromatic carbocycles. The van der Waals surface area contributed by atoms with E-state index in [0.29, 0.717) is 6.54 Å². The maximum absolute atomic E-state index is 11.8. The number of nitrogens with zero attached hydrogens (tertiary/aromatic N) is 1. The molecule has 0 aliphatic heterocycles. The van der Waals surface area contributed by atoms with E-state index in [9.17, 15) is 14.9 Å². The number of benzene rings is 1. The zero-order valence-corrected chi connectivity index (χ0v) is 11.1. The molecule has 0 saturated heterocycles. The number of rotatable bonds is 6. The molecule has 0 aliphatic rings. The minimum atomic E-state index is -0.578. The molecule has 7 nitrogen and oxygen atoms in total. The Balaban J connectivity index is 2.86. The Hall–Kier alpha value is -2.15. The minimum Gasteiger partial charge on any atom is -0.490 e. The summed E-state index contributed by atoms with van der Waals surface area (Å²) >= 11 is 0. The zero-order valence-electron chi connectivity index (χ0n) is 11.1. The van der Waals surface area contributed by atoms with Gasteiger partial charge in [-0.25, -0.2) is 0 Å². The minimum absolute atomic E-state index is 0.122. The molecule has 0 aliphatic carbocycles. The SMILES string of the molecule is CNC(C)CNC(=O)c1ccc(OC)c([N+](=O)[O-])c1. The van der Waals surface area contributed by atoms with Crippen LogP contribution < -0.4 is 15.4 Å². The van der Waals surface area contributed by atoms with Crippen molar-refractivity contribution in [2.24, 2.45) is 0 Å². The predicted octanol–water partition coefficient (Wildman–Crippen LogP) is 0.941. The van der Waals surface area contributed by atoms with Gasteiger partial charge in [-0.3, -0.25) is 14.9 Å². The Morgan fingerprint density at radius 1 is 1.53 bits per heavy atom. The summed E-state index contributed by atoms with van der Waals surface area (Å²) < 4.78 is 4.87. The van der Waals surface area contributed by atoms with E-state index in [0.717, 1.165) is 0 Å². The third-order valence-corrected chi connectivity index (χ3v) is 2.70. The van der Waals surface area contributed by atoms with E-state index < -0.39 is 4.92 Å². The van der Waals surface area contributed by atoms with E-state index in [-0.39, 0.29) is 28.9 Å². The standard InChI is InChI=1S/C12H17N3O4/c1-8(13-2)7-14-12(16)9-4-5-11(19-3)10(6-9)15(17)18/h4-6,8,13H,7H2,1-3H3,(H,14,16). The van der Waals surface area contributed by atoms with Crippen molar-refractivity contribution in [1.29, 1.82) is 0 Å². The van der Waals surface area contributed by atoms with E-state index in [1.807, 2.05) is 6.92 Å². The van der Waals surface area contributed by atoms with Gasteiger partial charge in [0.15, 0.2) is 5.75 Å². The molecule has 0 heterocycles. The van der Waals surface area contributed by atoms with Gasteiger partial charge >= 0.3 is 5.69 Å². The first-order valence-electron chi connectivity index (χ1n) is 5.77. The van der Waals surface area contributed by atoms with Crippen LogP contribution in [0.1, 0.15) is 17.3 Å². The first-order chi connectivity index (χ1) is 8.99. The monoisotopic (exact) mass is 267 g/mol. The molecule has 1 unspecified atom stereocenters. The van der Waals surface area contributed by atoms with Gasteiger partial charge in [-0.15, -0.1) is 0 Å². The van der Waals surface area contributed by atoms with Crippen LogP contribution in [-0.2, 0) is 0 Å². The Labute approximate surface area is 111 Å². The topological polar surface area (TPSA) is 93.5 Å². The number of nitro groups is 1. The van der Waals surface area contributed by atoms with Gasteiger partial charge < -0.3 is 15.4 Å². The van der Waals surface area contributed by atoms with Crippen molar-refractivity contribution in [2.45, 2.75) is 13.0 Å². The average molecular weight is 267 g/mol. The second kappa shape index (κ2) is 6.69. The Morgan fingerprint density at radius 2 is 2.21 bits per heavy atom. The summed E-state index contributed by atoms with van der Waals surface area (Å²) in [6.07, 6.45) is 0. The molecule has 104 valence electrons. The zero-order chi connectivity index (χ0) is 14.4. The lowest BCUT2D eigenvalue weighted by Gasteiger charge is -2.11. The molecular weight excluding hydrogens is 250 g/mol. The van der Waals surface area contributed by atoms with Crippen LogP contribution in [0.3, 0.4) is 0 Å². The molecule has 0 saturated carbocycles. The van der Waals surface area contributed by atoms with Gasteiger partial charge in [0.05, 0.1) is 12.0 Å². The average Bonchev–Trinajstić information content (AvgIpc) is 2.43. The maximum Gasteiger partial charge on any atom is 0.311 e. The predicted molar refractivity (Wildman–Crippen MR) is 70.5 cm³/mol. The van der Waals surface area contributed by atoms with Gasteiger partial charge in [0.2, 0.25) is 0 Å². The van der Waals surface area contributed by atoms with Crippen LogP contribution in [0.25, 0.3) is 0 Å². The van der Waals surface area contributed by atoms with E-state index in [2.05, 4.69) is 10.6 Å². The van der Waals surface area contributed by atoms with E-state index in [4.69, 9.17) is 4.74 Å². The van der Waals surface area contributed by atoms with E-state index in [1.54, 1.807) is 7.05 Å². The lowest BCUT2D eigenvalue weighted by molar-refractivity contribution is -0.385. The van der Waals surface area contributed by atoms with Crippen molar-refractivity contribution in [3.8, 4) is 5.75 Å². The fourth-order valence-corrected chi connectivity index (χ4v) is 1.42. The van der Waals surface area contributed by atoms with Crippen LogP contribution >= 0.6 is 0 Å². The lowest BCUT2D eigenvalue weighted by atomic mass is 10.1. The van der Waals surface area contributed by atoms with Crippen molar-refractivity contribution in [2.75, 3.05) is 20.7 Å². The summed E-state index contributed by atoms with van der Waals surface area (Å²) in [4.78, 5) is 22.1. The number of carbonyl (C=O) groups is 1. The number of likely N-dealkylation sites (N-methyl/N-ethyl adjacent to an activating group) is 1. The number of methoxy groups -OCH3 is 1. The normalized spacial score (nSPS) is 11.7. The second-order valence-electron chi connectivity index (χ2n) is 4.04. The van der Waals surface area contributed by atoms with Crippen LogP contribution in [0.4, 0.5) is 5.69 Å². The number of amides is 1. The summed E-state index contributed by atoms with van der Waals surface area (Å²) in [5.41, 5.74) is 0.00705. The number of carbonyl (C=O) groups excluding carboxylic acids is 1. The number of hydrogen-bond donors (Lipinski definition) is 2. The van der Waals surface area contributed by atoms with Crippen LogP contribution in [0.5, 0.6) is 5.75 Å². The fraction of sp³-hybridized carbons (Fsp3) is 0.417. The molecule has 0 aromatic heterocycles. The number of ether oxygens (including phenoxy) is 1. The quantitative estimate of drug-likeness (QED) is 0.591. The molecule has 0 fully saturated rings. The van der Waals surface area contributed by atoms with Crippen molar-refractivity contribution >= 4 is 11.6 Å². The van der Waals surface area contributed by atoms with Gasteiger partial charge in [0, 0.05) is 24.2 Å². The summed E-state index contributed by atoms with van der Waals surface area (Å²) in [5, 5.41) is 16.5. The molecule has 1 rings (SSSR count). The molecule has 1 aromatic rings. The summed E-state index contributed by atoms with van der Waals surface area (Å²) in [6, 6.07) is 4.23. The van der Waals surface area contributed by atoms with Gasteiger partial charge in [0.25, 0.3) is 5.91 Å². The van der Waals surface area contributed by atoms with Crippen molar-refractivity contribution < 1.29 is 14.5 Å². The van der Waals surface area contributed by atoms with E-state index >= 15 is 0 Å². The molecule has 7 heteroatoms. The molecule has 0 radical (unpaired) electrons. The molecule has 2 N–H and O–H groups in total. The third-order valence-electron chi connectivity index (χ3n) is 2.70. The summed E-state index contributed by atoms with van der Waals surface area (Å²) in [5.74, 6) is -0.224. The third kappa shape index (κ3) is 3.92. The van der Waals surface area contributed by atoms with Gasteiger partial charge in [-0.05, 0) is 26.1 Å². The largest absolute Gasteiger partial charge is 0.490 e. The Morgan fingerprint density at radius 3 is 2.74 bits per heavy atom. The molecule has 19 heavy (non-hydrogen) atoms. The second-order valence-corrected chi connectivity index (χ2v) is 4.04. The molecular formula is C12H17N3O4. The highest BCUT2D eigenvalue weighted by atomic mass is 16.6. The van der Waals surface area contributed by atoms with Gasteiger partial charge in [-0.2, -0.15) is 0 Å². The van der Waals surface area contributed by atoms with Gasteiger partial charge in [0.1, 0.15) is 0 Å². The molecule has 0 bridgehead atoms. The summed E-state index contributed by atoms with van der Waals surface area (Å²) in [6.45, 7) is 2.35. The highest BCUT2D eigenvalue weighted by Gasteiger charge is 2.18. The van der Waals surface area contributed by atoms with Crippen molar-refractivity contribution in [3.63, 3.8) is 0 Å². The van der Waals surface area contributed by atoms with Crippen LogP contribution in [0.15, 0.2) is 18.2 Å².